The van der Waals surface area contributed by atoms with Crippen molar-refractivity contribution in [2.45, 2.75) is 46.2 Å². The Hall–Kier alpha value is -3.07. The van der Waals surface area contributed by atoms with Crippen LogP contribution in [-0.2, 0) is 11.2 Å². The average Bonchev–Trinajstić information content (AvgIpc) is 3.28. The summed E-state index contributed by atoms with van der Waals surface area (Å²) in [5.41, 5.74) is 5.10. The normalized spacial score (nSPS) is 16.6. The van der Waals surface area contributed by atoms with Gasteiger partial charge >= 0.3 is 5.97 Å². The molecule has 192 valence electrons. The van der Waals surface area contributed by atoms with Crippen LogP contribution in [-0.4, -0.2) is 62.6 Å². The maximum absolute atomic E-state index is 11.7. The Kier molecular flexibility index (Phi) is 7.16. The number of carboxylic acids is 1. The fraction of sp³-hybridized carbons (Fsp3) is 0.357. The van der Waals surface area contributed by atoms with Gasteiger partial charge in [-0.1, -0.05) is 23.7 Å². The van der Waals surface area contributed by atoms with Gasteiger partial charge in [0, 0.05) is 48.5 Å². The van der Waals surface area contributed by atoms with Crippen molar-refractivity contribution in [1.29, 1.82) is 0 Å². The predicted molar refractivity (Wildman–Crippen MR) is 151 cm³/mol. The van der Waals surface area contributed by atoms with Crippen LogP contribution in [0.25, 0.3) is 32.0 Å². The molecule has 9 heteroatoms. The van der Waals surface area contributed by atoms with Gasteiger partial charge in [0.05, 0.1) is 16.6 Å². The minimum atomic E-state index is -0.866. The second-order valence-corrected chi connectivity index (χ2v) is 11.3. The minimum Gasteiger partial charge on any atom is -0.481 e. The summed E-state index contributed by atoms with van der Waals surface area (Å²) in [6.45, 7) is 11.4. The highest BCUT2D eigenvalue weighted by Crippen LogP contribution is 2.41. The first kappa shape index (κ1) is 25.6. The van der Waals surface area contributed by atoms with E-state index in [1.807, 2.05) is 43.3 Å². The standard InChI is InChI=1S/C28H30ClN5O2S/c1-16(2)34-12-11-33(15-18(34)4)28-30-10-9-22(32-28)27-31-23-13-17(3)21(14-24(35)36)25(26(23)37-27)19-5-7-20(29)8-6-19/h5-10,13,16,18H,11-12,14-15H2,1-4H3,(H,35,36). The molecule has 0 radical (unpaired) electrons. The van der Waals surface area contributed by atoms with E-state index in [1.54, 1.807) is 6.20 Å². The largest absolute Gasteiger partial charge is 0.481 e. The van der Waals surface area contributed by atoms with E-state index < -0.39 is 5.97 Å². The molecule has 1 N–H and O–H groups in total. The molecule has 0 aliphatic carbocycles. The van der Waals surface area contributed by atoms with Crippen molar-refractivity contribution < 1.29 is 9.90 Å². The molecule has 1 fully saturated rings. The van der Waals surface area contributed by atoms with Crippen LogP contribution < -0.4 is 4.90 Å². The fourth-order valence-electron chi connectivity index (χ4n) is 5.19. The van der Waals surface area contributed by atoms with Crippen molar-refractivity contribution in [2.24, 2.45) is 0 Å². The highest BCUT2D eigenvalue weighted by molar-refractivity contribution is 7.22. The summed E-state index contributed by atoms with van der Waals surface area (Å²) < 4.78 is 0.943. The molecular weight excluding hydrogens is 506 g/mol. The van der Waals surface area contributed by atoms with Gasteiger partial charge in [-0.2, -0.15) is 0 Å². The van der Waals surface area contributed by atoms with Crippen molar-refractivity contribution in [1.82, 2.24) is 19.9 Å². The third-order valence-electron chi connectivity index (χ3n) is 6.96. The number of aromatic nitrogens is 3. The Morgan fingerprint density at radius 1 is 1.19 bits per heavy atom. The monoisotopic (exact) mass is 535 g/mol. The van der Waals surface area contributed by atoms with Gasteiger partial charge in [-0.25, -0.2) is 15.0 Å². The molecule has 0 spiro atoms. The maximum Gasteiger partial charge on any atom is 0.307 e. The molecule has 0 amide bonds. The molecule has 1 atom stereocenters. The van der Waals surface area contributed by atoms with Crippen LogP contribution in [0.5, 0.6) is 0 Å². The van der Waals surface area contributed by atoms with E-state index in [2.05, 4.69) is 35.6 Å². The van der Waals surface area contributed by atoms with Gasteiger partial charge in [0.25, 0.3) is 0 Å². The molecule has 1 unspecified atom stereocenters. The number of piperazine rings is 1. The number of hydrogen-bond acceptors (Lipinski definition) is 7. The summed E-state index contributed by atoms with van der Waals surface area (Å²) in [5, 5.41) is 11.0. The Balaban J connectivity index is 1.56. The number of fused-ring (bicyclic) bond motifs is 1. The number of hydrogen-bond donors (Lipinski definition) is 1. The molecule has 1 aliphatic heterocycles. The van der Waals surface area contributed by atoms with Gasteiger partial charge in [0.15, 0.2) is 0 Å². The molecule has 1 saturated heterocycles. The summed E-state index contributed by atoms with van der Waals surface area (Å²) in [6.07, 6.45) is 1.73. The summed E-state index contributed by atoms with van der Waals surface area (Å²) in [5.74, 6) is -0.151. The summed E-state index contributed by atoms with van der Waals surface area (Å²) in [6, 6.07) is 12.3. The van der Waals surface area contributed by atoms with Gasteiger partial charge in [-0.15, -0.1) is 11.3 Å². The Morgan fingerprint density at radius 2 is 1.95 bits per heavy atom. The van der Waals surface area contributed by atoms with E-state index in [-0.39, 0.29) is 6.42 Å². The quantitative estimate of drug-likeness (QED) is 0.327. The Morgan fingerprint density at radius 3 is 2.62 bits per heavy atom. The molecule has 1 aliphatic rings. The van der Waals surface area contributed by atoms with Crippen LogP contribution in [0.1, 0.15) is 31.9 Å². The SMILES string of the molecule is Cc1cc2nc(-c3ccnc(N4CCN(C(C)C)C(C)C4)n3)sc2c(-c2ccc(Cl)cc2)c1CC(=O)O. The van der Waals surface area contributed by atoms with Crippen LogP contribution in [0.4, 0.5) is 5.95 Å². The zero-order valence-electron chi connectivity index (χ0n) is 21.4. The fourth-order valence-corrected chi connectivity index (χ4v) is 6.42. The summed E-state index contributed by atoms with van der Waals surface area (Å²) in [7, 11) is 0. The third-order valence-corrected chi connectivity index (χ3v) is 8.32. The number of aliphatic carboxylic acids is 1. The van der Waals surface area contributed by atoms with Crippen LogP contribution >= 0.6 is 22.9 Å². The average molecular weight is 536 g/mol. The predicted octanol–water partition coefficient (Wildman–Crippen LogP) is 5.93. The number of benzene rings is 2. The van der Waals surface area contributed by atoms with Gasteiger partial charge in [0.1, 0.15) is 10.7 Å². The number of halogens is 1. The summed E-state index contributed by atoms with van der Waals surface area (Å²) >= 11 is 7.68. The van der Waals surface area contributed by atoms with E-state index in [0.717, 1.165) is 62.8 Å². The Labute approximate surface area is 225 Å². The van der Waals surface area contributed by atoms with Gasteiger partial charge in [0.2, 0.25) is 5.95 Å². The van der Waals surface area contributed by atoms with E-state index in [0.29, 0.717) is 23.1 Å². The molecule has 37 heavy (non-hydrogen) atoms. The number of thiazole rings is 1. The van der Waals surface area contributed by atoms with E-state index in [9.17, 15) is 9.90 Å². The Bertz CT molecular complexity index is 1450. The molecule has 0 bridgehead atoms. The van der Waals surface area contributed by atoms with Crippen molar-refractivity contribution in [2.75, 3.05) is 24.5 Å². The molecule has 7 nitrogen and oxygen atoms in total. The van der Waals surface area contributed by atoms with Crippen molar-refractivity contribution in [3.05, 3.63) is 58.7 Å². The zero-order valence-corrected chi connectivity index (χ0v) is 23.0. The highest BCUT2D eigenvalue weighted by Gasteiger charge is 2.27. The minimum absolute atomic E-state index is 0.0643. The summed E-state index contributed by atoms with van der Waals surface area (Å²) in [4.78, 5) is 30.9. The van der Waals surface area contributed by atoms with E-state index in [4.69, 9.17) is 21.6 Å². The van der Waals surface area contributed by atoms with Crippen molar-refractivity contribution in [3.8, 4) is 21.8 Å². The molecule has 0 saturated carbocycles. The van der Waals surface area contributed by atoms with Crippen LogP contribution in [0.15, 0.2) is 42.6 Å². The van der Waals surface area contributed by atoms with Crippen LogP contribution in [0, 0.1) is 6.92 Å². The van der Waals surface area contributed by atoms with Crippen molar-refractivity contribution >= 4 is 45.1 Å². The number of aryl methyl sites for hydroxylation is 1. The smallest absolute Gasteiger partial charge is 0.307 e. The van der Waals surface area contributed by atoms with Crippen molar-refractivity contribution in [3.63, 3.8) is 0 Å². The lowest BCUT2D eigenvalue weighted by Crippen LogP contribution is -2.54. The lowest BCUT2D eigenvalue weighted by atomic mass is 9.93. The molecule has 4 aromatic rings. The number of carboxylic acid groups (broad SMARTS) is 1. The lowest BCUT2D eigenvalue weighted by Gasteiger charge is -2.42. The van der Waals surface area contributed by atoms with Crippen LogP contribution in [0.2, 0.25) is 5.02 Å². The van der Waals surface area contributed by atoms with Crippen LogP contribution in [0.3, 0.4) is 0 Å². The molecule has 5 rings (SSSR count). The molecule has 2 aromatic heterocycles. The molecule has 3 heterocycles. The first-order chi connectivity index (χ1) is 17.7. The topological polar surface area (TPSA) is 82.5 Å². The number of anilines is 1. The van der Waals surface area contributed by atoms with Gasteiger partial charge < -0.3 is 10.0 Å². The second kappa shape index (κ2) is 10.4. The molecule has 2 aromatic carbocycles. The molecular formula is C28H30ClN5O2S. The van der Waals surface area contributed by atoms with E-state index in [1.165, 1.54) is 11.3 Å². The maximum atomic E-state index is 11.7. The van der Waals surface area contributed by atoms with Gasteiger partial charge in [-0.3, -0.25) is 9.69 Å². The number of nitrogens with zero attached hydrogens (tertiary/aromatic N) is 5. The first-order valence-corrected chi connectivity index (χ1v) is 13.7. The first-order valence-electron chi connectivity index (χ1n) is 12.5. The third kappa shape index (κ3) is 5.19. The zero-order chi connectivity index (χ0) is 26.3. The lowest BCUT2D eigenvalue weighted by molar-refractivity contribution is -0.136. The highest BCUT2D eigenvalue weighted by atomic mass is 35.5. The number of carbonyl (C=O) groups is 1. The van der Waals surface area contributed by atoms with E-state index >= 15 is 0 Å². The second-order valence-electron chi connectivity index (χ2n) is 9.86. The van der Waals surface area contributed by atoms with Gasteiger partial charge in [-0.05, 0) is 68.7 Å². The number of rotatable bonds is 6.